The van der Waals surface area contributed by atoms with Crippen LogP contribution in [-0.2, 0) is 19.7 Å². The number of sulfonamides is 1. The van der Waals surface area contributed by atoms with Gasteiger partial charge in [-0.25, -0.2) is 8.42 Å². The van der Waals surface area contributed by atoms with E-state index in [0.717, 1.165) is 7.11 Å². The summed E-state index contributed by atoms with van der Waals surface area (Å²) in [6, 6.07) is 0. The molecule has 6 nitrogen and oxygen atoms in total. The van der Waals surface area contributed by atoms with E-state index < -0.39 is 28.2 Å². The lowest BCUT2D eigenvalue weighted by Crippen LogP contribution is -2.26. The lowest BCUT2D eigenvalue weighted by molar-refractivity contribution is -0.136. The van der Waals surface area contributed by atoms with Gasteiger partial charge in [0.15, 0.2) is 0 Å². The van der Waals surface area contributed by atoms with Crippen LogP contribution in [0, 0.1) is 0 Å². The van der Waals surface area contributed by atoms with Gasteiger partial charge in [0, 0.05) is 0 Å². The average Bonchev–Trinajstić information content (AvgIpc) is 1.84. The molecule has 0 aliphatic carbocycles. The Bertz CT molecular complexity index is 221. The molecule has 0 fully saturated rings. The predicted molar refractivity (Wildman–Crippen MR) is 36.2 cm³/mol. The van der Waals surface area contributed by atoms with Crippen molar-refractivity contribution in [2.45, 2.75) is 6.42 Å². The molecule has 0 aromatic carbocycles. The lowest BCUT2D eigenvalue weighted by atomic mass is 10.5. The highest BCUT2D eigenvalue weighted by atomic mass is 32.2. The van der Waals surface area contributed by atoms with Crippen LogP contribution in [0.5, 0.6) is 0 Å². The molecular weight excluding hydrogens is 174 g/mol. The zero-order valence-electron chi connectivity index (χ0n) is 5.90. The van der Waals surface area contributed by atoms with Crippen LogP contribution in [0.1, 0.15) is 6.42 Å². The summed E-state index contributed by atoms with van der Waals surface area (Å²) in [7, 11) is -2.44. The van der Waals surface area contributed by atoms with Gasteiger partial charge in [0.2, 0.25) is 10.0 Å². The lowest BCUT2D eigenvalue weighted by Gasteiger charge is -2.00. The number of nitrogens with one attached hydrogen (secondary N) is 1. The van der Waals surface area contributed by atoms with Gasteiger partial charge in [0.25, 0.3) is 0 Å². The maximum Gasteiger partial charge on any atom is 0.304 e. The second-order valence-electron chi connectivity index (χ2n) is 1.75. The third-order valence-corrected chi connectivity index (χ3v) is 1.96. The first kappa shape index (κ1) is 10.3. The maximum atomic E-state index is 10.6. The number of carboxylic acids is 1. The Morgan fingerprint density at radius 3 is 2.55 bits per heavy atom. The number of aliphatic carboxylic acids is 1. The summed E-state index contributed by atoms with van der Waals surface area (Å²) >= 11 is 0. The molecule has 0 rings (SSSR count). The normalized spacial score (nSPS) is 11.4. The van der Waals surface area contributed by atoms with Crippen molar-refractivity contribution < 1.29 is 23.2 Å². The summed E-state index contributed by atoms with van der Waals surface area (Å²) < 4.78 is 21.3. The zero-order chi connectivity index (χ0) is 8.91. The number of rotatable bonds is 5. The molecule has 0 saturated carbocycles. The minimum absolute atomic E-state index is 0.432. The second kappa shape index (κ2) is 4.27. The average molecular weight is 183 g/mol. The topological polar surface area (TPSA) is 92.7 Å². The Hall–Kier alpha value is -0.660. The fourth-order valence-corrected chi connectivity index (χ4v) is 1.17. The van der Waals surface area contributed by atoms with Gasteiger partial charge < -0.3 is 5.11 Å². The van der Waals surface area contributed by atoms with Crippen molar-refractivity contribution in [2.75, 3.05) is 12.9 Å². The second-order valence-corrected chi connectivity index (χ2v) is 3.55. The monoisotopic (exact) mass is 183 g/mol. The fourth-order valence-electron chi connectivity index (χ4n) is 0.390. The first-order valence-electron chi connectivity index (χ1n) is 2.72. The molecule has 0 aliphatic heterocycles. The van der Waals surface area contributed by atoms with E-state index in [0.29, 0.717) is 0 Å². The highest BCUT2D eigenvalue weighted by Crippen LogP contribution is 1.88. The first-order valence-corrected chi connectivity index (χ1v) is 4.37. The SMILES string of the molecule is CONS(=O)(=O)CCC(=O)O. The largest absolute Gasteiger partial charge is 0.481 e. The summed E-state index contributed by atoms with van der Waals surface area (Å²) in [4.78, 5) is 15.7. The van der Waals surface area contributed by atoms with E-state index in [4.69, 9.17) is 5.11 Å². The molecule has 0 heterocycles. The van der Waals surface area contributed by atoms with Crippen LogP contribution in [0.25, 0.3) is 0 Å². The summed E-state index contributed by atoms with van der Waals surface area (Å²) in [5.74, 6) is -1.64. The standard InChI is InChI=1S/C4H9NO5S/c1-10-5-11(8,9)3-2-4(6)7/h5H,2-3H2,1H3,(H,6,7). The molecule has 11 heavy (non-hydrogen) atoms. The molecule has 2 N–H and O–H groups in total. The van der Waals surface area contributed by atoms with Gasteiger partial charge in [0.1, 0.15) is 0 Å². The minimum atomic E-state index is -3.58. The van der Waals surface area contributed by atoms with E-state index in [1.54, 1.807) is 4.89 Å². The van der Waals surface area contributed by atoms with Gasteiger partial charge in [-0.1, -0.05) is 4.89 Å². The molecule has 66 valence electrons. The van der Waals surface area contributed by atoms with Gasteiger partial charge in [-0.3, -0.25) is 9.63 Å². The van der Waals surface area contributed by atoms with Crippen molar-refractivity contribution in [3.8, 4) is 0 Å². The first-order chi connectivity index (χ1) is 4.98. The molecule has 0 radical (unpaired) electrons. The Kier molecular flexibility index (Phi) is 4.01. The summed E-state index contributed by atoms with van der Waals surface area (Å²) in [6.07, 6.45) is -0.432. The molecular formula is C4H9NO5S. The molecule has 0 aromatic rings. The number of carboxylic acid groups (broad SMARTS) is 1. The zero-order valence-corrected chi connectivity index (χ0v) is 6.72. The van der Waals surface area contributed by atoms with Crippen molar-refractivity contribution in [1.82, 2.24) is 4.89 Å². The number of carbonyl (C=O) groups is 1. The Labute approximate surface area is 64.2 Å². The minimum Gasteiger partial charge on any atom is -0.481 e. The van der Waals surface area contributed by atoms with Crippen LogP contribution in [0.4, 0.5) is 0 Å². The van der Waals surface area contributed by atoms with Gasteiger partial charge in [-0.15, -0.1) is 0 Å². The van der Waals surface area contributed by atoms with Crippen LogP contribution in [0.3, 0.4) is 0 Å². The van der Waals surface area contributed by atoms with Gasteiger partial charge in [-0.05, 0) is 0 Å². The molecule has 0 saturated heterocycles. The third kappa shape index (κ3) is 5.77. The summed E-state index contributed by atoms with van der Waals surface area (Å²) in [6.45, 7) is 0. The van der Waals surface area contributed by atoms with E-state index in [2.05, 4.69) is 4.84 Å². The molecule has 0 bridgehead atoms. The molecule has 0 amide bonds. The molecule has 7 heteroatoms. The van der Waals surface area contributed by atoms with Crippen molar-refractivity contribution >= 4 is 16.0 Å². The van der Waals surface area contributed by atoms with Crippen LogP contribution in [-0.4, -0.2) is 32.4 Å². The van der Waals surface area contributed by atoms with Gasteiger partial charge in [0.05, 0.1) is 19.3 Å². The molecule has 0 aliphatic rings. The van der Waals surface area contributed by atoms with Crippen LogP contribution in [0.2, 0.25) is 0 Å². The Morgan fingerprint density at radius 2 is 2.18 bits per heavy atom. The smallest absolute Gasteiger partial charge is 0.304 e. The highest BCUT2D eigenvalue weighted by molar-refractivity contribution is 7.89. The van der Waals surface area contributed by atoms with Crippen LogP contribution < -0.4 is 4.89 Å². The van der Waals surface area contributed by atoms with E-state index in [9.17, 15) is 13.2 Å². The van der Waals surface area contributed by atoms with Crippen molar-refractivity contribution in [3.05, 3.63) is 0 Å². The molecule has 0 aromatic heterocycles. The quantitative estimate of drug-likeness (QED) is 0.530. The van der Waals surface area contributed by atoms with Crippen LogP contribution in [0.15, 0.2) is 0 Å². The van der Waals surface area contributed by atoms with E-state index in [-0.39, 0.29) is 0 Å². The van der Waals surface area contributed by atoms with E-state index in [1.807, 2.05) is 0 Å². The third-order valence-electron chi connectivity index (χ3n) is 0.795. The molecule has 0 atom stereocenters. The summed E-state index contributed by atoms with van der Waals surface area (Å²) in [5.41, 5.74) is 0. The van der Waals surface area contributed by atoms with E-state index in [1.165, 1.54) is 0 Å². The Morgan fingerprint density at radius 1 is 1.64 bits per heavy atom. The van der Waals surface area contributed by atoms with Crippen molar-refractivity contribution in [2.24, 2.45) is 0 Å². The maximum absolute atomic E-state index is 10.6. The van der Waals surface area contributed by atoms with Crippen molar-refractivity contribution in [3.63, 3.8) is 0 Å². The number of hydrogen-bond donors (Lipinski definition) is 2. The van der Waals surface area contributed by atoms with Crippen molar-refractivity contribution in [1.29, 1.82) is 0 Å². The fraction of sp³-hybridized carbons (Fsp3) is 0.750. The van der Waals surface area contributed by atoms with E-state index >= 15 is 0 Å². The predicted octanol–water partition coefficient (Wildman–Crippen LogP) is -1.06. The Balaban J connectivity index is 3.84. The number of hydrogen-bond acceptors (Lipinski definition) is 4. The van der Waals surface area contributed by atoms with Gasteiger partial charge in [-0.2, -0.15) is 0 Å². The molecule has 0 unspecified atom stereocenters. The molecule has 0 spiro atoms. The highest BCUT2D eigenvalue weighted by Gasteiger charge is 2.11. The summed E-state index contributed by atoms with van der Waals surface area (Å²) in [5, 5.41) is 8.11. The van der Waals surface area contributed by atoms with Gasteiger partial charge >= 0.3 is 5.97 Å². The van der Waals surface area contributed by atoms with Crippen LogP contribution >= 0.6 is 0 Å².